The number of amides is 1. The van der Waals surface area contributed by atoms with Crippen molar-refractivity contribution >= 4 is 44.2 Å². The molecule has 1 fully saturated rings. The standard InChI is InChI=1S/C17H16N2O2S.C2HF3O2/c20-16-12-10-14(17(21)19-8-4-1-5-9-19)22-15(12)11-6-2-3-7-13(11)18-16;3-2(4,5)1(6)7/h2-3,6-7,10H,1,4-5,8-9H2,(H,18,20);(H,6,7). The molecule has 2 N–H and O–H groups in total. The Morgan fingerprint density at radius 1 is 1.07 bits per heavy atom. The van der Waals surface area contributed by atoms with Crippen LogP contribution >= 0.6 is 11.3 Å². The first-order valence-electron chi connectivity index (χ1n) is 8.82. The molecule has 4 rings (SSSR count). The third-order valence-electron chi connectivity index (χ3n) is 4.49. The average molecular weight is 426 g/mol. The number of carboxylic acids is 1. The molecule has 0 atom stereocenters. The van der Waals surface area contributed by atoms with E-state index in [1.165, 1.54) is 17.8 Å². The lowest BCUT2D eigenvalue weighted by Gasteiger charge is -2.26. The second kappa shape index (κ2) is 8.24. The van der Waals surface area contributed by atoms with Crippen molar-refractivity contribution in [3.63, 3.8) is 0 Å². The number of para-hydroxylation sites is 1. The van der Waals surface area contributed by atoms with Crippen molar-refractivity contribution in [2.45, 2.75) is 25.4 Å². The van der Waals surface area contributed by atoms with Crippen molar-refractivity contribution in [2.75, 3.05) is 13.1 Å². The molecule has 29 heavy (non-hydrogen) atoms. The maximum Gasteiger partial charge on any atom is 0.490 e. The molecular weight excluding hydrogens is 409 g/mol. The molecule has 1 amide bonds. The van der Waals surface area contributed by atoms with E-state index in [-0.39, 0.29) is 11.5 Å². The smallest absolute Gasteiger partial charge is 0.475 e. The second-order valence-corrected chi connectivity index (χ2v) is 7.56. The van der Waals surface area contributed by atoms with E-state index >= 15 is 0 Å². The van der Waals surface area contributed by atoms with Gasteiger partial charge in [0.1, 0.15) is 0 Å². The highest BCUT2D eigenvalue weighted by Gasteiger charge is 2.38. The van der Waals surface area contributed by atoms with Crippen LogP contribution in [0.25, 0.3) is 21.0 Å². The maximum absolute atomic E-state index is 12.6. The van der Waals surface area contributed by atoms with Gasteiger partial charge in [0.25, 0.3) is 11.5 Å². The summed E-state index contributed by atoms with van der Waals surface area (Å²) in [6, 6.07) is 9.48. The minimum Gasteiger partial charge on any atom is -0.475 e. The van der Waals surface area contributed by atoms with Crippen LogP contribution in [0.5, 0.6) is 0 Å². The number of halogens is 3. The average Bonchev–Trinajstić information content (AvgIpc) is 3.14. The minimum absolute atomic E-state index is 0.0596. The lowest BCUT2D eigenvalue weighted by atomic mass is 10.1. The van der Waals surface area contributed by atoms with Gasteiger partial charge in [0.15, 0.2) is 0 Å². The highest BCUT2D eigenvalue weighted by atomic mass is 32.1. The molecule has 1 saturated heterocycles. The number of carbonyl (C=O) groups is 2. The van der Waals surface area contributed by atoms with Crippen molar-refractivity contribution < 1.29 is 27.9 Å². The molecule has 10 heteroatoms. The number of likely N-dealkylation sites (tertiary alicyclic amines) is 1. The van der Waals surface area contributed by atoms with Crippen molar-refractivity contribution in [3.8, 4) is 0 Å². The van der Waals surface area contributed by atoms with Crippen LogP contribution in [-0.2, 0) is 4.79 Å². The van der Waals surface area contributed by atoms with Gasteiger partial charge in [-0.15, -0.1) is 11.3 Å². The fourth-order valence-corrected chi connectivity index (χ4v) is 4.26. The van der Waals surface area contributed by atoms with E-state index in [1.54, 1.807) is 6.07 Å². The molecule has 0 saturated carbocycles. The van der Waals surface area contributed by atoms with E-state index in [0.29, 0.717) is 10.3 Å². The van der Waals surface area contributed by atoms with E-state index in [0.717, 1.165) is 41.5 Å². The van der Waals surface area contributed by atoms with Crippen molar-refractivity contribution in [3.05, 3.63) is 45.6 Å². The van der Waals surface area contributed by atoms with Gasteiger partial charge in [0.05, 0.1) is 10.3 Å². The molecule has 0 bridgehead atoms. The van der Waals surface area contributed by atoms with E-state index in [2.05, 4.69) is 4.98 Å². The number of carboxylic acid groups (broad SMARTS) is 1. The number of pyridine rings is 1. The molecule has 0 aliphatic carbocycles. The Labute approximate surface area is 166 Å². The monoisotopic (exact) mass is 426 g/mol. The van der Waals surface area contributed by atoms with Gasteiger partial charge in [-0.2, -0.15) is 13.2 Å². The molecule has 0 spiro atoms. The summed E-state index contributed by atoms with van der Waals surface area (Å²) in [5.41, 5.74) is 0.696. The summed E-state index contributed by atoms with van der Waals surface area (Å²) in [4.78, 5) is 39.2. The van der Waals surface area contributed by atoms with Crippen LogP contribution in [0.15, 0.2) is 35.1 Å². The fourth-order valence-electron chi connectivity index (χ4n) is 3.10. The summed E-state index contributed by atoms with van der Waals surface area (Å²) in [6.07, 6.45) is -1.75. The molecule has 3 aromatic rings. The third-order valence-corrected chi connectivity index (χ3v) is 5.65. The third kappa shape index (κ3) is 4.58. The Kier molecular flexibility index (Phi) is 5.92. The van der Waals surface area contributed by atoms with Gasteiger partial charge in [0, 0.05) is 28.7 Å². The first-order valence-corrected chi connectivity index (χ1v) is 9.64. The Bertz CT molecular complexity index is 1110. The summed E-state index contributed by atoms with van der Waals surface area (Å²) in [6.45, 7) is 1.65. The zero-order chi connectivity index (χ0) is 21.2. The van der Waals surface area contributed by atoms with Crippen LogP contribution in [0.1, 0.15) is 28.9 Å². The first-order chi connectivity index (χ1) is 13.7. The van der Waals surface area contributed by atoms with Crippen LogP contribution in [-0.4, -0.2) is 46.1 Å². The number of rotatable bonds is 1. The highest BCUT2D eigenvalue weighted by Crippen LogP contribution is 2.30. The van der Waals surface area contributed by atoms with Gasteiger partial charge in [-0.3, -0.25) is 9.59 Å². The number of nitrogens with one attached hydrogen (secondary N) is 1. The van der Waals surface area contributed by atoms with Crippen molar-refractivity contribution in [1.82, 2.24) is 9.88 Å². The maximum atomic E-state index is 12.6. The number of thiophene rings is 1. The number of hydrogen-bond acceptors (Lipinski definition) is 4. The van der Waals surface area contributed by atoms with Crippen LogP contribution < -0.4 is 5.56 Å². The molecule has 0 unspecified atom stereocenters. The Balaban J connectivity index is 0.000000298. The summed E-state index contributed by atoms with van der Waals surface area (Å²) in [5.74, 6) is -2.70. The Hall–Kier alpha value is -2.88. The first kappa shape index (κ1) is 20.8. The summed E-state index contributed by atoms with van der Waals surface area (Å²) < 4.78 is 32.6. The van der Waals surface area contributed by atoms with E-state index < -0.39 is 12.1 Å². The lowest BCUT2D eigenvalue weighted by molar-refractivity contribution is -0.192. The lowest BCUT2D eigenvalue weighted by Crippen LogP contribution is -2.35. The SMILES string of the molecule is O=C(O)C(F)(F)F.O=C(c1cc2c(=O)[nH]c3ccccc3c2s1)N1CCCCC1. The van der Waals surface area contributed by atoms with Crippen LogP contribution in [0.4, 0.5) is 13.2 Å². The van der Waals surface area contributed by atoms with Gasteiger partial charge in [0.2, 0.25) is 0 Å². The fraction of sp³-hybridized carbons (Fsp3) is 0.316. The quantitative estimate of drug-likeness (QED) is 0.615. The molecule has 1 aliphatic heterocycles. The number of carbonyl (C=O) groups excluding carboxylic acids is 1. The number of benzene rings is 1. The zero-order valence-corrected chi connectivity index (χ0v) is 15.9. The van der Waals surface area contributed by atoms with Gasteiger partial charge >= 0.3 is 12.1 Å². The number of piperidine rings is 1. The van der Waals surface area contributed by atoms with E-state index in [1.807, 2.05) is 29.2 Å². The number of aliphatic carboxylic acids is 1. The molecular formula is C19H17F3N2O4S. The van der Waals surface area contributed by atoms with Crippen LogP contribution in [0.2, 0.25) is 0 Å². The number of alkyl halides is 3. The number of hydrogen-bond donors (Lipinski definition) is 2. The topological polar surface area (TPSA) is 90.5 Å². The van der Waals surface area contributed by atoms with Gasteiger partial charge in [-0.1, -0.05) is 18.2 Å². The number of nitrogens with zero attached hydrogens (tertiary/aromatic N) is 1. The second-order valence-electron chi connectivity index (χ2n) is 6.51. The summed E-state index contributed by atoms with van der Waals surface area (Å²) >= 11 is 1.43. The molecule has 154 valence electrons. The zero-order valence-electron chi connectivity index (χ0n) is 15.1. The Morgan fingerprint density at radius 3 is 2.31 bits per heavy atom. The van der Waals surface area contributed by atoms with E-state index in [9.17, 15) is 22.8 Å². The van der Waals surface area contributed by atoms with E-state index in [4.69, 9.17) is 9.90 Å². The highest BCUT2D eigenvalue weighted by molar-refractivity contribution is 7.21. The van der Waals surface area contributed by atoms with Crippen molar-refractivity contribution in [2.24, 2.45) is 0 Å². The largest absolute Gasteiger partial charge is 0.490 e. The van der Waals surface area contributed by atoms with Gasteiger partial charge in [-0.05, 0) is 31.4 Å². The number of fused-ring (bicyclic) bond motifs is 3. The number of aromatic nitrogens is 1. The molecule has 6 nitrogen and oxygen atoms in total. The Morgan fingerprint density at radius 2 is 1.69 bits per heavy atom. The minimum atomic E-state index is -5.08. The van der Waals surface area contributed by atoms with Gasteiger partial charge < -0.3 is 15.0 Å². The van der Waals surface area contributed by atoms with Crippen LogP contribution in [0, 0.1) is 0 Å². The molecule has 1 aliphatic rings. The molecule has 3 heterocycles. The van der Waals surface area contributed by atoms with Crippen molar-refractivity contribution in [1.29, 1.82) is 0 Å². The predicted octanol–water partition coefficient (Wildman–Crippen LogP) is 4.00. The summed E-state index contributed by atoms with van der Waals surface area (Å²) in [7, 11) is 0. The number of aromatic amines is 1. The number of H-pyrrole nitrogens is 1. The summed E-state index contributed by atoms with van der Waals surface area (Å²) in [5, 5.41) is 8.74. The molecule has 2 aromatic heterocycles. The predicted molar refractivity (Wildman–Crippen MR) is 103 cm³/mol. The molecule has 1 aromatic carbocycles. The van der Waals surface area contributed by atoms with Gasteiger partial charge in [-0.25, -0.2) is 4.79 Å². The van der Waals surface area contributed by atoms with Crippen LogP contribution in [0.3, 0.4) is 0 Å². The normalized spacial score (nSPS) is 14.5. The molecule has 0 radical (unpaired) electrons.